The van der Waals surface area contributed by atoms with Crippen LogP contribution in [0.2, 0.25) is 0 Å². The molecule has 0 radical (unpaired) electrons. The van der Waals surface area contributed by atoms with Crippen LogP contribution in [0.4, 0.5) is 0 Å². The van der Waals surface area contributed by atoms with Crippen molar-refractivity contribution >= 4 is 5.97 Å². The Labute approximate surface area is 64.8 Å². The van der Waals surface area contributed by atoms with E-state index in [0.29, 0.717) is 0 Å². The largest absolute Gasteiger partial charge is 0.459 e. The predicted octanol–water partition coefficient (Wildman–Crippen LogP) is -1.10. The zero-order chi connectivity index (χ0) is 8.85. The minimum absolute atomic E-state index is 0.732. The highest BCUT2D eigenvalue weighted by atomic mass is 16.5. The van der Waals surface area contributed by atoms with Crippen LogP contribution in [0.3, 0.4) is 0 Å². The van der Waals surface area contributed by atoms with E-state index >= 15 is 0 Å². The summed E-state index contributed by atoms with van der Waals surface area (Å²) in [6.45, 7) is 1.37. The van der Waals surface area contributed by atoms with Gasteiger partial charge < -0.3 is 14.9 Å². The topological polar surface area (TPSA) is 66.8 Å². The number of aliphatic hydroxyl groups is 2. The first-order valence-electron chi connectivity index (χ1n) is 3.03. The van der Waals surface area contributed by atoms with Crippen LogP contribution in [0.15, 0.2) is 0 Å². The molecule has 0 heterocycles. The van der Waals surface area contributed by atoms with Crippen molar-refractivity contribution in [3.63, 3.8) is 0 Å². The van der Waals surface area contributed by atoms with E-state index in [1.165, 1.54) is 14.0 Å². The molecule has 0 amide bonds. The number of hydrogen-bond donors (Lipinski definition) is 2. The summed E-state index contributed by atoms with van der Waals surface area (Å²) in [5.74, 6) is 3.37. The van der Waals surface area contributed by atoms with Crippen LogP contribution in [0, 0.1) is 11.8 Å². The predicted molar refractivity (Wildman–Crippen MR) is 37.5 cm³/mol. The summed E-state index contributed by atoms with van der Waals surface area (Å²) in [5, 5.41) is 17.5. The third-order valence-electron chi connectivity index (χ3n) is 0.964. The van der Waals surface area contributed by atoms with Crippen molar-refractivity contribution in [2.24, 2.45) is 0 Å². The van der Waals surface area contributed by atoms with Gasteiger partial charge in [-0.2, -0.15) is 0 Å². The number of rotatable bonds is 1. The normalized spacial score (nSPS) is 14.2. The molecule has 0 fully saturated rings. The van der Waals surface area contributed by atoms with E-state index in [1.54, 1.807) is 0 Å². The summed E-state index contributed by atoms with van der Waals surface area (Å²) in [4.78, 5) is 10.4. The highest BCUT2D eigenvalue weighted by Crippen LogP contribution is 1.88. The molecule has 4 nitrogen and oxygen atoms in total. The molecule has 11 heavy (non-hydrogen) atoms. The van der Waals surface area contributed by atoms with Gasteiger partial charge in [-0.25, -0.2) is 4.79 Å². The molecule has 2 unspecified atom stereocenters. The second-order valence-corrected chi connectivity index (χ2v) is 1.95. The Kier molecular flexibility index (Phi) is 4.27. The van der Waals surface area contributed by atoms with Crippen molar-refractivity contribution in [1.29, 1.82) is 0 Å². The standard InChI is InChI=1S/C7H10O4/c1-5(8)6(9)3-4-7(10)11-2/h5-6,8-9H,1-2H3. The van der Waals surface area contributed by atoms with Crippen molar-refractivity contribution in [2.45, 2.75) is 19.1 Å². The fourth-order valence-electron chi connectivity index (χ4n) is 0.304. The van der Waals surface area contributed by atoms with Crippen molar-refractivity contribution in [1.82, 2.24) is 0 Å². The number of hydrogen-bond acceptors (Lipinski definition) is 4. The van der Waals surface area contributed by atoms with Gasteiger partial charge in [0.25, 0.3) is 0 Å². The molecule has 0 bridgehead atoms. The molecule has 2 atom stereocenters. The molecule has 4 heteroatoms. The lowest BCUT2D eigenvalue weighted by Crippen LogP contribution is -2.20. The molecular weight excluding hydrogens is 148 g/mol. The molecule has 0 spiro atoms. The molecule has 0 aromatic carbocycles. The fourth-order valence-corrected chi connectivity index (χ4v) is 0.304. The quantitative estimate of drug-likeness (QED) is 0.289. The van der Waals surface area contributed by atoms with E-state index in [-0.39, 0.29) is 0 Å². The number of aliphatic hydroxyl groups excluding tert-OH is 2. The first kappa shape index (κ1) is 9.95. The van der Waals surface area contributed by atoms with Gasteiger partial charge in [0.05, 0.1) is 13.2 Å². The summed E-state index contributed by atoms with van der Waals surface area (Å²) in [6, 6.07) is 0. The maximum atomic E-state index is 10.4. The van der Waals surface area contributed by atoms with E-state index in [0.717, 1.165) is 0 Å². The molecule has 0 aliphatic carbocycles. The number of ether oxygens (including phenoxy) is 1. The first-order chi connectivity index (χ1) is 5.07. The second-order valence-electron chi connectivity index (χ2n) is 1.95. The zero-order valence-electron chi connectivity index (χ0n) is 6.37. The number of esters is 1. The van der Waals surface area contributed by atoms with E-state index in [9.17, 15) is 4.79 Å². The van der Waals surface area contributed by atoms with Gasteiger partial charge in [-0.05, 0) is 6.92 Å². The Morgan fingerprint density at radius 2 is 2.09 bits per heavy atom. The summed E-state index contributed by atoms with van der Waals surface area (Å²) in [7, 11) is 1.19. The van der Waals surface area contributed by atoms with Crippen LogP contribution in [-0.2, 0) is 9.53 Å². The van der Waals surface area contributed by atoms with Gasteiger partial charge in [-0.1, -0.05) is 5.92 Å². The molecule has 2 N–H and O–H groups in total. The van der Waals surface area contributed by atoms with Crippen molar-refractivity contribution in [2.75, 3.05) is 7.11 Å². The van der Waals surface area contributed by atoms with Gasteiger partial charge >= 0.3 is 5.97 Å². The Morgan fingerprint density at radius 3 is 2.45 bits per heavy atom. The summed E-state index contributed by atoms with van der Waals surface area (Å²) in [5.41, 5.74) is 0. The smallest absolute Gasteiger partial charge is 0.384 e. The summed E-state index contributed by atoms with van der Waals surface area (Å²) >= 11 is 0. The monoisotopic (exact) mass is 158 g/mol. The minimum atomic E-state index is -1.20. The Balaban J connectivity index is 3.96. The van der Waals surface area contributed by atoms with E-state index in [1.807, 2.05) is 5.92 Å². The molecular formula is C7H10O4. The Hall–Kier alpha value is -1.05. The van der Waals surface area contributed by atoms with Crippen LogP contribution in [-0.4, -0.2) is 35.5 Å². The van der Waals surface area contributed by atoms with Gasteiger partial charge in [0.2, 0.25) is 0 Å². The average Bonchev–Trinajstić information content (AvgIpc) is 1.99. The molecule has 0 aliphatic heterocycles. The van der Waals surface area contributed by atoms with Crippen molar-refractivity contribution in [3.8, 4) is 11.8 Å². The molecule has 0 aliphatic rings. The lowest BCUT2D eigenvalue weighted by molar-refractivity contribution is -0.133. The van der Waals surface area contributed by atoms with Gasteiger partial charge in [-0.3, -0.25) is 0 Å². The SMILES string of the molecule is COC(=O)C#CC(O)C(C)O. The zero-order valence-corrected chi connectivity index (χ0v) is 6.37. The lowest BCUT2D eigenvalue weighted by atomic mass is 10.2. The van der Waals surface area contributed by atoms with Gasteiger partial charge in [0, 0.05) is 5.92 Å². The maximum Gasteiger partial charge on any atom is 0.384 e. The molecule has 0 aromatic rings. The van der Waals surface area contributed by atoms with Crippen LogP contribution >= 0.6 is 0 Å². The fraction of sp³-hybridized carbons (Fsp3) is 0.571. The van der Waals surface area contributed by atoms with Gasteiger partial charge in [0.15, 0.2) is 0 Å². The summed E-state index contributed by atoms with van der Waals surface area (Å²) < 4.78 is 4.18. The number of methoxy groups -OCH3 is 1. The summed E-state index contributed by atoms with van der Waals surface area (Å²) in [6.07, 6.45) is -2.17. The third kappa shape index (κ3) is 4.37. The highest BCUT2D eigenvalue weighted by molar-refractivity contribution is 5.88. The van der Waals surface area contributed by atoms with E-state index in [4.69, 9.17) is 10.2 Å². The van der Waals surface area contributed by atoms with Gasteiger partial charge in [-0.15, -0.1) is 0 Å². The molecule has 0 aromatic heterocycles. The van der Waals surface area contributed by atoms with Crippen molar-refractivity contribution < 1.29 is 19.7 Å². The number of carbonyl (C=O) groups is 1. The molecule has 62 valence electrons. The van der Waals surface area contributed by atoms with Crippen LogP contribution in [0.25, 0.3) is 0 Å². The second kappa shape index (κ2) is 4.72. The number of carbonyl (C=O) groups excluding carboxylic acids is 1. The molecule has 0 rings (SSSR count). The lowest BCUT2D eigenvalue weighted by Gasteiger charge is -2.03. The van der Waals surface area contributed by atoms with Crippen molar-refractivity contribution in [3.05, 3.63) is 0 Å². The molecule has 0 saturated carbocycles. The van der Waals surface area contributed by atoms with Crippen LogP contribution in [0.5, 0.6) is 0 Å². The first-order valence-corrected chi connectivity index (χ1v) is 3.03. The Bertz CT molecular complexity index is 186. The van der Waals surface area contributed by atoms with E-state index in [2.05, 4.69) is 10.7 Å². The third-order valence-corrected chi connectivity index (χ3v) is 0.964. The molecule has 0 saturated heterocycles. The minimum Gasteiger partial charge on any atom is -0.459 e. The van der Waals surface area contributed by atoms with E-state index < -0.39 is 18.2 Å². The highest BCUT2D eigenvalue weighted by Gasteiger charge is 2.06. The Morgan fingerprint density at radius 1 is 1.55 bits per heavy atom. The van der Waals surface area contributed by atoms with Gasteiger partial charge in [0.1, 0.15) is 6.10 Å². The maximum absolute atomic E-state index is 10.4. The van der Waals surface area contributed by atoms with Crippen LogP contribution < -0.4 is 0 Å². The van der Waals surface area contributed by atoms with Crippen LogP contribution in [0.1, 0.15) is 6.92 Å². The average molecular weight is 158 g/mol.